The fourth-order valence-corrected chi connectivity index (χ4v) is 18.5. The number of aromatic hydroxyl groups is 2. The van der Waals surface area contributed by atoms with E-state index in [9.17, 15) is 0 Å². The van der Waals surface area contributed by atoms with Gasteiger partial charge in [0.25, 0.3) is 16.6 Å². The van der Waals surface area contributed by atoms with Gasteiger partial charge in [-0.1, -0.05) is 196 Å². The first-order valence-corrected chi connectivity index (χ1v) is 31.9. The molecule has 0 saturated carbocycles. The Kier molecular flexibility index (Phi) is 33.3. The van der Waals surface area contributed by atoms with Crippen LogP contribution < -0.4 is 8.85 Å². The largest absolute Gasteiger partial charge is 0.543 e. The van der Waals surface area contributed by atoms with Crippen LogP contribution in [0.5, 0.6) is 23.0 Å². The predicted octanol–water partition coefficient (Wildman–Crippen LogP) is 20.0. The van der Waals surface area contributed by atoms with Gasteiger partial charge in [0, 0.05) is 0 Å². The van der Waals surface area contributed by atoms with Gasteiger partial charge in [-0.05, 0) is 124 Å². The fourth-order valence-electron chi connectivity index (χ4n) is 7.96. The van der Waals surface area contributed by atoms with Gasteiger partial charge in [0.05, 0.1) is 17.9 Å². The molecule has 0 amide bonds. The molecule has 0 fully saturated rings. The van der Waals surface area contributed by atoms with Crippen LogP contribution in [0.2, 0.25) is 36.3 Å². The van der Waals surface area contributed by atoms with Crippen LogP contribution in [0.15, 0.2) is 42.2 Å². The summed E-state index contributed by atoms with van der Waals surface area (Å²) in [6, 6.07) is 15.2. The molecule has 0 spiro atoms. The number of benzene rings is 2. The zero-order valence-corrected chi connectivity index (χ0v) is 46.1. The Morgan fingerprint density at radius 3 is 0.776 bits per heavy atom. The molecule has 0 atom stereocenters. The lowest BCUT2D eigenvalue weighted by Crippen LogP contribution is -2.42. The van der Waals surface area contributed by atoms with Gasteiger partial charge in [0.1, 0.15) is 23.0 Å². The summed E-state index contributed by atoms with van der Waals surface area (Å²) in [6.07, 6.45) is 31.9. The summed E-state index contributed by atoms with van der Waals surface area (Å²) in [4.78, 5) is 0. The number of hydrogen-bond donors (Lipinski definition) is 2. The molecule has 0 aliphatic carbocycles. The van der Waals surface area contributed by atoms with Crippen LogP contribution in [0, 0.1) is 0 Å². The summed E-state index contributed by atoms with van der Waals surface area (Å²) < 4.78 is 18.0. The Morgan fingerprint density at radius 1 is 0.345 bits per heavy atom. The summed E-state index contributed by atoms with van der Waals surface area (Å²) in [5.74, 6) is 2.32. The third-order valence-electron chi connectivity index (χ3n) is 11.6. The molecule has 2 aromatic carbocycles. The van der Waals surface area contributed by atoms with Gasteiger partial charge in [0.15, 0.2) is 0 Å². The highest BCUT2D eigenvalue weighted by Gasteiger charge is 2.38. The first-order chi connectivity index (χ1) is 28.0. The van der Waals surface area contributed by atoms with Gasteiger partial charge in [0.2, 0.25) is 0 Å². The first-order valence-electron chi connectivity index (χ1n) is 23.7. The Hall–Kier alpha value is -0.00623. The standard InChI is InChI=1S/C42H80Br2O2Si2.C6H4Br2O2/c1-7-13-19-25-31-47(32-26-20-14-8-2,33-27-21-15-9-3)45-41-37-40(44)42(38-39(41)43)46-48(34-28-22-16-10-4,35-29-23-17-11-5)36-30-24-18-12-6;7-3-1-5(9)4(8)2-6(3)10/h37-38H,7-36H2,1-6H3;1-2,9-10H. The molecule has 0 saturated heterocycles. The number of unbranched alkanes of at least 4 members (excludes halogenated alkanes) is 18. The van der Waals surface area contributed by atoms with Gasteiger partial charge in [-0.15, -0.1) is 0 Å². The second-order valence-corrected chi connectivity index (χ2v) is 28.5. The minimum Gasteiger partial charge on any atom is -0.543 e. The third-order valence-corrected chi connectivity index (χ3v) is 23.0. The van der Waals surface area contributed by atoms with Crippen molar-refractivity contribution in [3.63, 3.8) is 0 Å². The number of rotatable bonds is 34. The zero-order valence-electron chi connectivity index (χ0n) is 37.7. The molecule has 0 aromatic heterocycles. The van der Waals surface area contributed by atoms with Crippen molar-refractivity contribution in [2.75, 3.05) is 0 Å². The van der Waals surface area contributed by atoms with E-state index in [2.05, 4.69) is 117 Å². The highest BCUT2D eigenvalue weighted by Crippen LogP contribution is 2.43. The molecule has 2 N–H and O–H groups in total. The van der Waals surface area contributed by atoms with E-state index in [-0.39, 0.29) is 11.5 Å². The summed E-state index contributed by atoms with van der Waals surface area (Å²) in [6.45, 7) is 14.0. The predicted molar refractivity (Wildman–Crippen MR) is 273 cm³/mol. The van der Waals surface area contributed by atoms with Crippen LogP contribution >= 0.6 is 63.7 Å². The molecule has 0 unspecified atom stereocenters. The molecule has 4 nitrogen and oxygen atoms in total. The number of hydrogen-bond acceptors (Lipinski definition) is 4. The molecule has 2 rings (SSSR count). The van der Waals surface area contributed by atoms with Crippen molar-refractivity contribution < 1.29 is 19.1 Å². The molecular formula is C48H84Br4O4Si2. The summed E-state index contributed by atoms with van der Waals surface area (Å²) in [7, 11) is -3.93. The molecule has 0 bridgehead atoms. The van der Waals surface area contributed by atoms with Gasteiger partial charge >= 0.3 is 0 Å². The number of phenols is 2. The molecule has 336 valence electrons. The molecule has 0 heterocycles. The molecule has 0 radical (unpaired) electrons. The summed E-state index contributed by atoms with van der Waals surface area (Å²) in [5.41, 5.74) is 0. The van der Waals surface area contributed by atoms with Crippen molar-refractivity contribution in [2.45, 2.75) is 232 Å². The molecule has 0 aliphatic rings. The van der Waals surface area contributed by atoms with E-state index in [1.807, 2.05) is 0 Å². The van der Waals surface area contributed by atoms with Crippen LogP contribution in [0.3, 0.4) is 0 Å². The van der Waals surface area contributed by atoms with Crippen molar-refractivity contribution in [1.82, 2.24) is 0 Å². The quantitative estimate of drug-likeness (QED) is 0.0417. The van der Waals surface area contributed by atoms with Crippen molar-refractivity contribution in [2.24, 2.45) is 0 Å². The lowest BCUT2D eigenvalue weighted by molar-refractivity contribution is 0.454. The van der Waals surface area contributed by atoms with E-state index in [0.717, 1.165) is 20.4 Å². The lowest BCUT2D eigenvalue weighted by atomic mass is 10.2. The maximum absolute atomic E-state index is 9.04. The second kappa shape index (κ2) is 34.5. The van der Waals surface area contributed by atoms with Crippen molar-refractivity contribution in [3.05, 3.63) is 42.2 Å². The van der Waals surface area contributed by atoms with E-state index in [1.54, 1.807) is 0 Å². The second-order valence-electron chi connectivity index (χ2n) is 16.9. The number of halogens is 4. The zero-order chi connectivity index (χ0) is 43.1. The van der Waals surface area contributed by atoms with E-state index >= 15 is 0 Å². The SMILES string of the molecule is CCCCCC[Si](CCCCCC)(CCCCCC)Oc1cc(Br)c(O[Si](CCCCCC)(CCCCCC)CCCCCC)cc1Br.Oc1cc(Br)c(O)cc1Br. The maximum Gasteiger partial charge on any atom is 0.251 e. The van der Waals surface area contributed by atoms with E-state index in [0.29, 0.717) is 8.95 Å². The number of phenolic OH excluding ortho intramolecular Hbond substituents is 2. The smallest absolute Gasteiger partial charge is 0.251 e. The van der Waals surface area contributed by atoms with E-state index in [4.69, 9.17) is 19.1 Å². The van der Waals surface area contributed by atoms with Crippen LogP contribution in [0.4, 0.5) is 0 Å². The van der Waals surface area contributed by atoms with Crippen LogP contribution in [-0.4, -0.2) is 26.8 Å². The average Bonchev–Trinajstić information content (AvgIpc) is 3.20. The Morgan fingerprint density at radius 2 is 0.569 bits per heavy atom. The van der Waals surface area contributed by atoms with E-state index < -0.39 is 16.6 Å². The molecule has 0 aliphatic heterocycles. The van der Waals surface area contributed by atoms with Crippen LogP contribution in [0.1, 0.15) is 196 Å². The summed E-state index contributed by atoms with van der Waals surface area (Å²) in [5, 5.41) is 18.1. The van der Waals surface area contributed by atoms with E-state index in [1.165, 1.54) is 202 Å². The van der Waals surface area contributed by atoms with Crippen molar-refractivity contribution in [3.8, 4) is 23.0 Å². The molecule has 2 aromatic rings. The minimum absolute atomic E-state index is 0.102. The Labute approximate surface area is 393 Å². The normalized spacial score (nSPS) is 11.8. The fraction of sp³-hybridized carbons (Fsp3) is 0.750. The highest BCUT2D eigenvalue weighted by atomic mass is 79.9. The first kappa shape index (κ1) is 56.0. The van der Waals surface area contributed by atoms with Gasteiger partial charge in [-0.3, -0.25) is 0 Å². The summed E-state index contributed by atoms with van der Waals surface area (Å²) >= 11 is 14.2. The third kappa shape index (κ3) is 24.0. The van der Waals surface area contributed by atoms with Crippen LogP contribution in [-0.2, 0) is 0 Å². The average molecular weight is 1100 g/mol. The van der Waals surface area contributed by atoms with Gasteiger partial charge in [-0.25, -0.2) is 0 Å². The maximum atomic E-state index is 9.04. The molecular weight excluding hydrogens is 1020 g/mol. The lowest BCUT2D eigenvalue weighted by Gasteiger charge is -2.35. The van der Waals surface area contributed by atoms with Crippen molar-refractivity contribution in [1.29, 1.82) is 0 Å². The highest BCUT2D eigenvalue weighted by molar-refractivity contribution is 9.11. The minimum atomic E-state index is -1.96. The molecule has 10 heteroatoms. The van der Waals surface area contributed by atoms with Crippen LogP contribution in [0.25, 0.3) is 0 Å². The Balaban J connectivity index is 0.00000145. The van der Waals surface area contributed by atoms with Gasteiger partial charge in [-0.2, -0.15) is 0 Å². The van der Waals surface area contributed by atoms with Crippen molar-refractivity contribution >= 4 is 80.4 Å². The monoisotopic (exact) mass is 1100 g/mol. The molecule has 58 heavy (non-hydrogen) atoms. The topological polar surface area (TPSA) is 58.9 Å². The Bertz CT molecular complexity index is 1150. The van der Waals surface area contributed by atoms with Gasteiger partial charge < -0.3 is 19.1 Å².